The van der Waals surface area contributed by atoms with Gasteiger partial charge in [0, 0.05) is 9.13 Å². The molecule has 2 amide bonds. The summed E-state index contributed by atoms with van der Waals surface area (Å²) >= 11 is 2.06. The number of amides is 2. The molecule has 2 N–H and O–H groups in total. The lowest BCUT2D eigenvalue weighted by Gasteiger charge is -2.14. The van der Waals surface area contributed by atoms with E-state index in [2.05, 4.69) is 38.4 Å². The molecule has 12 heteroatoms. The third kappa shape index (κ3) is 7.60. The molecule has 204 valence electrons. The number of ether oxygens (including phenoxy) is 5. The lowest BCUT2D eigenvalue weighted by atomic mass is 10.1. The van der Waals surface area contributed by atoms with Crippen molar-refractivity contribution in [2.75, 3.05) is 35.0 Å². The van der Waals surface area contributed by atoms with Crippen molar-refractivity contribution >= 4 is 46.6 Å². The highest BCUT2D eigenvalue weighted by Gasteiger charge is 2.18. The van der Waals surface area contributed by atoms with Crippen LogP contribution in [0.4, 0.5) is 0 Å². The molecule has 0 bridgehead atoms. The van der Waals surface area contributed by atoms with Crippen molar-refractivity contribution in [3.8, 4) is 28.7 Å². The van der Waals surface area contributed by atoms with Gasteiger partial charge in [0.2, 0.25) is 5.75 Å². The molecule has 0 radical (unpaired) electrons. The van der Waals surface area contributed by atoms with Crippen LogP contribution in [0.15, 0.2) is 59.7 Å². The van der Waals surface area contributed by atoms with Gasteiger partial charge in [-0.3, -0.25) is 9.59 Å². The molecule has 39 heavy (non-hydrogen) atoms. The number of carbonyl (C=O) groups is 3. The van der Waals surface area contributed by atoms with Gasteiger partial charge in [-0.15, -0.1) is 0 Å². The first-order valence-corrected chi connectivity index (χ1v) is 12.4. The van der Waals surface area contributed by atoms with E-state index in [0.717, 1.165) is 3.57 Å². The molecule has 0 unspecified atom stereocenters. The third-order valence-corrected chi connectivity index (χ3v) is 6.16. The predicted molar refractivity (Wildman–Crippen MR) is 151 cm³/mol. The van der Waals surface area contributed by atoms with Crippen LogP contribution in [0.25, 0.3) is 0 Å². The molecule has 0 spiro atoms. The summed E-state index contributed by atoms with van der Waals surface area (Å²) in [5.74, 6) is -0.0855. The monoisotopic (exact) mass is 647 g/mol. The molecule has 3 aromatic carbocycles. The normalized spacial score (nSPS) is 10.5. The van der Waals surface area contributed by atoms with Crippen LogP contribution in [-0.2, 0) is 4.79 Å². The van der Waals surface area contributed by atoms with E-state index in [-0.39, 0.29) is 17.9 Å². The second-order valence-corrected chi connectivity index (χ2v) is 8.83. The summed E-state index contributed by atoms with van der Waals surface area (Å²) < 4.78 is 27.3. The second-order valence-electron chi connectivity index (χ2n) is 7.67. The number of rotatable bonds is 11. The Hall–Kier alpha value is -4.33. The van der Waals surface area contributed by atoms with Gasteiger partial charge in [-0.1, -0.05) is 12.1 Å². The average molecular weight is 647 g/mol. The number of hydrazone groups is 1. The van der Waals surface area contributed by atoms with Crippen molar-refractivity contribution in [3.05, 3.63) is 74.9 Å². The van der Waals surface area contributed by atoms with Crippen molar-refractivity contribution in [1.82, 2.24) is 10.7 Å². The van der Waals surface area contributed by atoms with Gasteiger partial charge >= 0.3 is 5.97 Å². The Labute approximate surface area is 238 Å². The van der Waals surface area contributed by atoms with Crippen molar-refractivity contribution in [1.29, 1.82) is 0 Å². The molecule has 3 aromatic rings. The fourth-order valence-corrected chi connectivity index (χ4v) is 3.93. The van der Waals surface area contributed by atoms with E-state index in [9.17, 15) is 14.4 Å². The summed E-state index contributed by atoms with van der Waals surface area (Å²) in [4.78, 5) is 37.2. The van der Waals surface area contributed by atoms with Crippen LogP contribution < -0.4 is 34.4 Å². The Kier molecular flexibility index (Phi) is 10.5. The smallest absolute Gasteiger partial charge is 0.344 e. The molecule has 11 nitrogen and oxygen atoms in total. The van der Waals surface area contributed by atoms with Crippen molar-refractivity contribution < 1.29 is 38.1 Å². The van der Waals surface area contributed by atoms with Gasteiger partial charge in [0.05, 0.1) is 46.8 Å². The van der Waals surface area contributed by atoms with Gasteiger partial charge in [0.15, 0.2) is 23.0 Å². The molecule has 0 saturated carbocycles. The van der Waals surface area contributed by atoms with E-state index >= 15 is 0 Å². The van der Waals surface area contributed by atoms with E-state index in [1.165, 1.54) is 46.8 Å². The quantitative estimate of drug-likeness (QED) is 0.106. The van der Waals surface area contributed by atoms with Gasteiger partial charge in [-0.25, -0.2) is 10.2 Å². The van der Waals surface area contributed by atoms with E-state index in [4.69, 9.17) is 23.7 Å². The summed E-state index contributed by atoms with van der Waals surface area (Å²) in [7, 11) is 5.77. The Balaban J connectivity index is 1.57. The van der Waals surface area contributed by atoms with Crippen LogP contribution in [0, 0.1) is 3.57 Å². The van der Waals surface area contributed by atoms with Gasteiger partial charge in [-0.2, -0.15) is 5.10 Å². The first-order valence-electron chi connectivity index (χ1n) is 11.4. The zero-order valence-electron chi connectivity index (χ0n) is 21.6. The van der Waals surface area contributed by atoms with E-state index in [1.54, 1.807) is 36.4 Å². The number of benzene rings is 3. The van der Waals surface area contributed by atoms with Gasteiger partial charge in [0.25, 0.3) is 11.8 Å². The summed E-state index contributed by atoms with van der Waals surface area (Å²) in [6, 6.07) is 14.8. The molecule has 0 saturated heterocycles. The predicted octanol–water partition coefficient (Wildman–Crippen LogP) is 3.42. The summed E-state index contributed by atoms with van der Waals surface area (Å²) in [5.41, 5.74) is 3.56. The minimum atomic E-state index is -0.554. The van der Waals surface area contributed by atoms with Crippen LogP contribution in [0.5, 0.6) is 28.7 Å². The number of hydrogen-bond donors (Lipinski definition) is 2. The molecule has 0 heterocycles. The van der Waals surface area contributed by atoms with E-state index < -0.39 is 17.8 Å². The standard InChI is InChI=1S/C27H26IN3O8/c1-35-21-11-16(9-10-20(21)39-27(34)18-7-5-6-8-19(18)28)14-30-31-24(32)15-29-26(33)17-12-22(36-2)25(38-4)23(13-17)37-3/h5-14H,15H2,1-4H3,(H,29,33)(H,31,32). The zero-order chi connectivity index (χ0) is 28.4. The number of halogens is 1. The van der Waals surface area contributed by atoms with Crippen LogP contribution in [0.3, 0.4) is 0 Å². The average Bonchev–Trinajstić information content (AvgIpc) is 2.95. The molecule has 0 aliphatic carbocycles. The maximum absolute atomic E-state index is 12.5. The topological polar surface area (TPSA) is 134 Å². The maximum atomic E-state index is 12.5. The first kappa shape index (κ1) is 29.2. The lowest BCUT2D eigenvalue weighted by Crippen LogP contribution is -2.34. The Morgan fingerprint density at radius 3 is 2.13 bits per heavy atom. The van der Waals surface area contributed by atoms with E-state index in [0.29, 0.717) is 34.1 Å². The van der Waals surface area contributed by atoms with Crippen molar-refractivity contribution in [2.45, 2.75) is 0 Å². The van der Waals surface area contributed by atoms with Crippen molar-refractivity contribution in [3.63, 3.8) is 0 Å². The number of nitrogens with one attached hydrogen (secondary N) is 2. The number of methoxy groups -OCH3 is 4. The van der Waals surface area contributed by atoms with Gasteiger partial charge < -0.3 is 29.0 Å². The van der Waals surface area contributed by atoms with Crippen molar-refractivity contribution in [2.24, 2.45) is 5.10 Å². The fraction of sp³-hybridized carbons (Fsp3) is 0.185. The van der Waals surface area contributed by atoms with E-state index in [1.807, 2.05) is 6.07 Å². The zero-order valence-corrected chi connectivity index (χ0v) is 23.7. The fourth-order valence-electron chi connectivity index (χ4n) is 3.32. The summed E-state index contributed by atoms with van der Waals surface area (Å²) in [6.45, 7) is -0.330. The minimum Gasteiger partial charge on any atom is -0.493 e. The number of carbonyl (C=O) groups excluding carboxylic acids is 3. The van der Waals surface area contributed by atoms with Crippen LogP contribution in [0.2, 0.25) is 0 Å². The SMILES string of the molecule is COc1cc(C=NNC(=O)CNC(=O)c2cc(OC)c(OC)c(OC)c2)ccc1OC(=O)c1ccccc1I. The molecule has 0 atom stereocenters. The minimum absolute atomic E-state index is 0.218. The van der Waals surface area contributed by atoms with Crippen LogP contribution in [-0.4, -0.2) is 59.0 Å². The molecule has 0 aliphatic rings. The Morgan fingerprint density at radius 2 is 1.51 bits per heavy atom. The van der Waals surface area contributed by atoms with Crippen LogP contribution >= 0.6 is 22.6 Å². The molecule has 0 aromatic heterocycles. The molecular formula is C27H26IN3O8. The first-order chi connectivity index (χ1) is 18.8. The molecule has 3 rings (SSSR count). The summed E-state index contributed by atoms with van der Waals surface area (Å²) in [5, 5.41) is 6.40. The largest absolute Gasteiger partial charge is 0.493 e. The lowest BCUT2D eigenvalue weighted by molar-refractivity contribution is -0.120. The number of hydrogen-bond acceptors (Lipinski definition) is 9. The second kappa shape index (κ2) is 14.0. The number of esters is 1. The van der Waals surface area contributed by atoms with Crippen LogP contribution in [0.1, 0.15) is 26.3 Å². The highest BCUT2D eigenvalue weighted by atomic mass is 127. The molecule has 0 fully saturated rings. The molecule has 0 aliphatic heterocycles. The Morgan fingerprint density at radius 1 is 0.846 bits per heavy atom. The highest BCUT2D eigenvalue weighted by molar-refractivity contribution is 14.1. The maximum Gasteiger partial charge on any atom is 0.344 e. The van der Waals surface area contributed by atoms with Gasteiger partial charge in [0.1, 0.15) is 0 Å². The highest BCUT2D eigenvalue weighted by Crippen LogP contribution is 2.38. The van der Waals surface area contributed by atoms with Gasteiger partial charge in [-0.05, 0) is 70.6 Å². The Bertz CT molecular complexity index is 1370. The summed E-state index contributed by atoms with van der Waals surface area (Å²) in [6.07, 6.45) is 1.38. The third-order valence-electron chi connectivity index (χ3n) is 5.22. The number of nitrogens with zero attached hydrogens (tertiary/aromatic N) is 1. The molecular weight excluding hydrogens is 621 g/mol.